The molecular weight excluding hydrogens is 959 g/mol. The van der Waals surface area contributed by atoms with Crippen molar-refractivity contribution >= 4 is 48.1 Å². The van der Waals surface area contributed by atoms with Crippen LogP contribution >= 0.6 is 17.0 Å². The summed E-state index contributed by atoms with van der Waals surface area (Å²) in [6.45, 7) is 55.5. The van der Waals surface area contributed by atoms with Crippen molar-refractivity contribution < 1.29 is 20.8 Å². The maximum atomic E-state index is 4.93. The molecule has 0 heterocycles. The van der Waals surface area contributed by atoms with Crippen molar-refractivity contribution in [3.05, 3.63) is 129 Å². The van der Waals surface area contributed by atoms with E-state index in [1.54, 1.807) is 0 Å². The summed E-state index contributed by atoms with van der Waals surface area (Å²) in [6.07, 6.45) is 2.34. The first kappa shape index (κ1) is 60.1. The fraction of sp³-hybridized carbons (Fsp3) is 0.531. The van der Waals surface area contributed by atoms with Crippen LogP contribution in [0.2, 0.25) is 13.1 Å². The van der Waals surface area contributed by atoms with E-state index in [0.29, 0.717) is 11.8 Å². The molecule has 0 aliphatic heterocycles. The molecule has 0 spiro atoms. The monoisotopic (exact) mass is 1050 g/mol. The summed E-state index contributed by atoms with van der Waals surface area (Å²) in [7, 11) is 11.0. The molecule has 0 amide bonds. The molecule has 0 nitrogen and oxygen atoms in total. The fourth-order valence-electron chi connectivity index (χ4n) is 8.80. The van der Waals surface area contributed by atoms with E-state index in [1.165, 1.54) is 101 Å². The summed E-state index contributed by atoms with van der Waals surface area (Å²) in [5, 5.41) is 5.57. The van der Waals surface area contributed by atoms with Crippen LogP contribution in [0, 0.1) is 0 Å². The van der Waals surface area contributed by atoms with Gasteiger partial charge in [0, 0.05) is 9.52 Å². The van der Waals surface area contributed by atoms with Crippen molar-refractivity contribution in [1.82, 2.24) is 0 Å². The molecule has 0 saturated heterocycles. The Morgan fingerprint density at radius 2 is 0.691 bits per heavy atom. The first-order chi connectivity index (χ1) is 31.1. The summed E-state index contributed by atoms with van der Waals surface area (Å²) in [6, 6.07) is 33.9. The number of halogens is 2. The van der Waals surface area contributed by atoms with Crippen molar-refractivity contribution in [3.8, 4) is 22.3 Å². The van der Waals surface area contributed by atoms with Gasteiger partial charge in [-0.05, 0) is 77.7 Å². The van der Waals surface area contributed by atoms with Crippen LogP contribution in [0.1, 0.15) is 222 Å². The van der Waals surface area contributed by atoms with Gasteiger partial charge in [-0.25, -0.2) is 0 Å². The van der Waals surface area contributed by atoms with Crippen LogP contribution in [0.15, 0.2) is 84.9 Å². The van der Waals surface area contributed by atoms with Gasteiger partial charge >= 0.3 is 37.9 Å². The number of hydrogen-bond acceptors (Lipinski definition) is 0. The minimum absolute atomic E-state index is 0.0803. The molecule has 0 aliphatic carbocycles. The van der Waals surface area contributed by atoms with Gasteiger partial charge in [-0.1, -0.05) is 237 Å². The standard InChI is InChI=1S/2C31H43.C2H6Si.2ClH.Zr/c2*1-12-20(2)22-15-21-13-14-27(31(9,10)11)28(26(21)18-22)23-16-24(29(3,4)5)19-25(17-23)30(6,7)8;1-3-2;;;/h2*13-20H,12H2,1-11H3;1-2H3;2*1H;/q2*-1;;;;+4/p-2. The molecule has 0 saturated carbocycles. The van der Waals surface area contributed by atoms with Crippen molar-refractivity contribution in [2.24, 2.45) is 0 Å². The SMILES string of the molecule is CCC(C)c1cc2c(-c3cc(C(C)(C)C)cc(C(C)(C)C)c3)c(C(C)(C)C)ccc2[cH-]1.CCC(C)c1cc2c(-c3cc(C(C)(C)C)cc(C(C)(C)C)c3)c(C(C)(C)C)ccc2[cH-]1.C[Si]C.[Cl][Zr+2][Cl]. The molecule has 4 heteroatoms. The first-order valence-corrected chi connectivity index (χ1v) is 33.8. The van der Waals surface area contributed by atoms with E-state index in [4.69, 9.17) is 17.0 Å². The Bertz CT molecular complexity index is 2310. The van der Waals surface area contributed by atoms with E-state index in [1.807, 2.05) is 0 Å². The molecular formula is C64H92Cl2SiZr. The van der Waals surface area contributed by atoms with Crippen LogP contribution in [-0.4, -0.2) is 9.52 Å². The average molecular weight is 1050 g/mol. The van der Waals surface area contributed by atoms with Crippen molar-refractivity contribution in [2.75, 3.05) is 0 Å². The Balaban J connectivity index is 0.000000323. The van der Waals surface area contributed by atoms with Crippen LogP contribution in [0.25, 0.3) is 43.8 Å². The maximum absolute atomic E-state index is 4.93. The molecule has 0 fully saturated rings. The molecule has 6 aromatic carbocycles. The van der Waals surface area contributed by atoms with Gasteiger partial charge in [0.2, 0.25) is 0 Å². The van der Waals surface area contributed by atoms with E-state index in [2.05, 4.69) is 250 Å². The second kappa shape index (κ2) is 23.6. The predicted octanol–water partition coefficient (Wildman–Crippen LogP) is 21.4. The number of rotatable bonds is 6. The van der Waals surface area contributed by atoms with Gasteiger partial charge in [-0.3, -0.25) is 0 Å². The van der Waals surface area contributed by atoms with Crippen molar-refractivity contribution in [2.45, 2.75) is 223 Å². The van der Waals surface area contributed by atoms with E-state index in [-0.39, 0.29) is 32.5 Å². The van der Waals surface area contributed by atoms with Crippen LogP contribution in [-0.2, 0) is 53.3 Å². The number of hydrogen-bond donors (Lipinski definition) is 0. The summed E-state index contributed by atoms with van der Waals surface area (Å²) in [5.74, 6) is 1.17. The van der Waals surface area contributed by atoms with Crippen LogP contribution in [0.5, 0.6) is 0 Å². The number of fused-ring (bicyclic) bond motifs is 2. The van der Waals surface area contributed by atoms with E-state index >= 15 is 0 Å². The van der Waals surface area contributed by atoms with Gasteiger partial charge in [-0.2, -0.15) is 12.1 Å². The van der Waals surface area contributed by atoms with E-state index in [9.17, 15) is 0 Å². The fourth-order valence-corrected chi connectivity index (χ4v) is 8.80. The Labute approximate surface area is 439 Å². The van der Waals surface area contributed by atoms with Gasteiger partial charge in [-0.15, -0.1) is 69.1 Å². The molecule has 2 atom stereocenters. The summed E-state index contributed by atoms with van der Waals surface area (Å²) in [5.41, 5.74) is 17.7. The third-order valence-corrected chi connectivity index (χ3v) is 13.7. The minimum atomic E-state index is -0.826. The summed E-state index contributed by atoms with van der Waals surface area (Å²) < 4.78 is 0. The Morgan fingerprint density at radius 1 is 0.441 bits per heavy atom. The molecule has 0 bridgehead atoms. The van der Waals surface area contributed by atoms with Crippen LogP contribution in [0.3, 0.4) is 0 Å². The van der Waals surface area contributed by atoms with Gasteiger partial charge in [0.05, 0.1) is 0 Å². The topological polar surface area (TPSA) is 0 Å². The quantitative estimate of drug-likeness (QED) is 0.115. The zero-order chi connectivity index (χ0) is 52.1. The molecule has 6 aromatic rings. The number of benzene rings is 4. The third kappa shape index (κ3) is 15.4. The molecule has 2 unspecified atom stereocenters. The predicted molar refractivity (Wildman–Crippen MR) is 309 cm³/mol. The Morgan fingerprint density at radius 3 is 0.897 bits per heavy atom. The Hall–Kier alpha value is -2.22. The molecule has 0 aliphatic rings. The molecule has 2 radical (unpaired) electrons. The normalized spacial score (nSPS) is 13.4. The second-order valence-electron chi connectivity index (χ2n) is 25.8. The second-order valence-corrected chi connectivity index (χ2v) is 30.6. The van der Waals surface area contributed by atoms with Crippen molar-refractivity contribution in [1.29, 1.82) is 0 Å². The zero-order valence-corrected chi connectivity index (χ0v) is 52.4. The van der Waals surface area contributed by atoms with Crippen LogP contribution < -0.4 is 0 Å². The van der Waals surface area contributed by atoms with Gasteiger partial charge in [0.1, 0.15) is 0 Å². The molecule has 6 rings (SSSR count). The van der Waals surface area contributed by atoms with E-state index in [0.717, 1.165) is 9.52 Å². The van der Waals surface area contributed by atoms with Gasteiger partial charge in [0.15, 0.2) is 0 Å². The van der Waals surface area contributed by atoms with Crippen LogP contribution in [0.4, 0.5) is 0 Å². The first-order valence-electron chi connectivity index (χ1n) is 25.4. The van der Waals surface area contributed by atoms with Gasteiger partial charge < -0.3 is 0 Å². The van der Waals surface area contributed by atoms with Crippen molar-refractivity contribution in [3.63, 3.8) is 0 Å². The van der Waals surface area contributed by atoms with Gasteiger partial charge in [0.25, 0.3) is 0 Å². The third-order valence-electron chi connectivity index (χ3n) is 13.7. The molecule has 68 heavy (non-hydrogen) atoms. The van der Waals surface area contributed by atoms with E-state index < -0.39 is 20.8 Å². The molecule has 0 N–H and O–H groups in total. The summed E-state index contributed by atoms with van der Waals surface area (Å²) >= 11 is -0.826. The Kier molecular flexibility index (Phi) is 20.8. The molecule has 370 valence electrons. The summed E-state index contributed by atoms with van der Waals surface area (Å²) in [4.78, 5) is 0. The average Bonchev–Trinajstić information content (AvgIpc) is 3.86. The molecule has 0 aromatic heterocycles. The zero-order valence-electron chi connectivity index (χ0n) is 47.4.